The van der Waals surface area contributed by atoms with E-state index in [0.29, 0.717) is 6.61 Å². The summed E-state index contributed by atoms with van der Waals surface area (Å²) in [6.45, 7) is 5.18. The molecule has 0 radical (unpaired) electrons. The van der Waals surface area contributed by atoms with Gasteiger partial charge in [0.1, 0.15) is 12.4 Å². The van der Waals surface area contributed by atoms with E-state index in [1.165, 1.54) is 0 Å². The molecule has 3 rings (SSSR count). The van der Waals surface area contributed by atoms with Crippen molar-refractivity contribution in [1.82, 2.24) is 10.2 Å². The lowest BCUT2D eigenvalue weighted by Crippen LogP contribution is -2.54. The van der Waals surface area contributed by atoms with E-state index in [1.807, 2.05) is 23.1 Å². The highest BCUT2D eigenvalue weighted by molar-refractivity contribution is 5.85. The summed E-state index contributed by atoms with van der Waals surface area (Å²) >= 11 is 0. The molecular formula is C15H21ClN2O2. The molecule has 0 aliphatic carbocycles. The zero-order valence-corrected chi connectivity index (χ0v) is 12.5. The Morgan fingerprint density at radius 1 is 1.40 bits per heavy atom. The van der Waals surface area contributed by atoms with Crippen molar-refractivity contribution in [2.24, 2.45) is 5.92 Å². The van der Waals surface area contributed by atoms with Gasteiger partial charge in [-0.15, -0.1) is 12.4 Å². The van der Waals surface area contributed by atoms with Crippen LogP contribution in [-0.4, -0.2) is 43.1 Å². The number of para-hydroxylation sites is 1. The van der Waals surface area contributed by atoms with Crippen LogP contribution in [0.4, 0.5) is 0 Å². The molecule has 2 aliphatic heterocycles. The Kier molecular flexibility index (Phi) is 4.89. The van der Waals surface area contributed by atoms with Crippen molar-refractivity contribution < 1.29 is 9.53 Å². The van der Waals surface area contributed by atoms with Gasteiger partial charge in [0.05, 0.1) is 5.92 Å². The topological polar surface area (TPSA) is 41.6 Å². The summed E-state index contributed by atoms with van der Waals surface area (Å²) in [5.41, 5.74) is 1.15. The highest BCUT2D eigenvalue weighted by atomic mass is 35.5. The minimum atomic E-state index is -0.0320. The number of hydrogen-bond acceptors (Lipinski definition) is 3. The number of amides is 1. The Bertz CT molecular complexity index is 481. The van der Waals surface area contributed by atoms with Crippen LogP contribution in [0.15, 0.2) is 24.3 Å². The normalized spacial score (nSPS) is 25.1. The van der Waals surface area contributed by atoms with Gasteiger partial charge in [0.15, 0.2) is 0 Å². The first kappa shape index (κ1) is 15.1. The highest BCUT2D eigenvalue weighted by Gasteiger charge is 2.32. The minimum Gasteiger partial charge on any atom is -0.492 e. The first-order valence-corrected chi connectivity index (χ1v) is 6.97. The Morgan fingerprint density at radius 2 is 2.20 bits per heavy atom. The molecule has 4 nitrogen and oxygen atoms in total. The fourth-order valence-electron chi connectivity index (χ4n) is 2.89. The number of fused-ring (bicyclic) bond motifs is 1. The number of nitrogens with zero attached hydrogens (tertiary/aromatic N) is 1. The maximum Gasteiger partial charge on any atom is 0.229 e. The standard InChI is InChI=1S/C15H20N2O2.ClH/c1-11-9-16-6-7-17(11)15(18)13-8-12-4-2-3-5-14(12)19-10-13;/h2-5,11,13,16H,6-10H2,1H3;1H/t11-,13?;/m1./s1. The Labute approximate surface area is 125 Å². The second kappa shape index (κ2) is 6.46. The monoisotopic (exact) mass is 296 g/mol. The first-order valence-electron chi connectivity index (χ1n) is 6.97. The van der Waals surface area contributed by atoms with Crippen molar-refractivity contribution in [3.63, 3.8) is 0 Å². The summed E-state index contributed by atoms with van der Waals surface area (Å²) in [6, 6.07) is 8.28. The molecule has 1 aromatic rings. The smallest absolute Gasteiger partial charge is 0.229 e. The van der Waals surface area contributed by atoms with Crippen molar-refractivity contribution in [2.45, 2.75) is 19.4 Å². The number of nitrogens with one attached hydrogen (secondary N) is 1. The van der Waals surface area contributed by atoms with Gasteiger partial charge < -0.3 is 15.0 Å². The third-order valence-electron chi connectivity index (χ3n) is 4.01. The van der Waals surface area contributed by atoms with Crippen molar-refractivity contribution in [3.05, 3.63) is 29.8 Å². The number of hydrogen-bond donors (Lipinski definition) is 1. The van der Waals surface area contributed by atoms with E-state index < -0.39 is 0 Å². The summed E-state index contributed by atoms with van der Waals surface area (Å²) in [5, 5.41) is 3.31. The van der Waals surface area contributed by atoms with E-state index in [9.17, 15) is 4.79 Å². The summed E-state index contributed by atoms with van der Waals surface area (Å²) < 4.78 is 5.72. The molecule has 1 amide bonds. The van der Waals surface area contributed by atoms with E-state index in [2.05, 4.69) is 18.3 Å². The summed E-state index contributed by atoms with van der Waals surface area (Å²) in [7, 11) is 0. The van der Waals surface area contributed by atoms with Gasteiger partial charge in [-0.1, -0.05) is 18.2 Å². The van der Waals surface area contributed by atoms with Crippen LogP contribution in [0.2, 0.25) is 0 Å². The van der Waals surface area contributed by atoms with Crippen molar-refractivity contribution in [3.8, 4) is 5.75 Å². The van der Waals surface area contributed by atoms with E-state index in [0.717, 1.165) is 37.4 Å². The fraction of sp³-hybridized carbons (Fsp3) is 0.533. The van der Waals surface area contributed by atoms with Gasteiger partial charge in [-0.05, 0) is 25.0 Å². The third kappa shape index (κ3) is 2.91. The van der Waals surface area contributed by atoms with Gasteiger partial charge in [0.2, 0.25) is 5.91 Å². The molecule has 2 heterocycles. The number of benzene rings is 1. The molecule has 5 heteroatoms. The molecule has 0 bridgehead atoms. The lowest BCUT2D eigenvalue weighted by Gasteiger charge is -2.37. The van der Waals surface area contributed by atoms with E-state index in [1.54, 1.807) is 0 Å². The van der Waals surface area contributed by atoms with Crippen LogP contribution in [0.25, 0.3) is 0 Å². The average molecular weight is 297 g/mol. The Balaban J connectivity index is 0.00000147. The van der Waals surface area contributed by atoms with Crippen LogP contribution >= 0.6 is 12.4 Å². The van der Waals surface area contributed by atoms with Crippen LogP contribution in [0.5, 0.6) is 5.75 Å². The zero-order valence-electron chi connectivity index (χ0n) is 11.7. The van der Waals surface area contributed by atoms with E-state index in [-0.39, 0.29) is 30.3 Å². The number of ether oxygens (including phenoxy) is 1. The van der Waals surface area contributed by atoms with Crippen molar-refractivity contribution in [2.75, 3.05) is 26.2 Å². The highest BCUT2D eigenvalue weighted by Crippen LogP contribution is 2.28. The molecule has 110 valence electrons. The maximum atomic E-state index is 12.6. The van der Waals surface area contributed by atoms with Gasteiger partial charge in [0, 0.05) is 25.7 Å². The molecule has 0 saturated carbocycles. The van der Waals surface area contributed by atoms with Crippen LogP contribution in [0, 0.1) is 5.92 Å². The first-order chi connectivity index (χ1) is 9.25. The second-order valence-electron chi connectivity index (χ2n) is 5.40. The number of halogens is 1. The molecule has 1 aromatic carbocycles. The predicted molar refractivity (Wildman–Crippen MR) is 80.4 cm³/mol. The maximum absolute atomic E-state index is 12.6. The quantitative estimate of drug-likeness (QED) is 0.853. The SMILES string of the molecule is C[C@@H]1CNCCN1C(=O)C1COc2ccccc2C1.Cl. The average Bonchev–Trinajstić information content (AvgIpc) is 2.46. The van der Waals surface area contributed by atoms with Gasteiger partial charge in [0.25, 0.3) is 0 Å². The van der Waals surface area contributed by atoms with Crippen LogP contribution in [0.1, 0.15) is 12.5 Å². The van der Waals surface area contributed by atoms with Crippen LogP contribution < -0.4 is 10.1 Å². The number of rotatable bonds is 1. The molecule has 1 N–H and O–H groups in total. The number of carbonyl (C=O) groups is 1. The predicted octanol–water partition coefficient (Wildman–Crippen LogP) is 1.48. The van der Waals surface area contributed by atoms with Crippen molar-refractivity contribution in [1.29, 1.82) is 0 Å². The lowest BCUT2D eigenvalue weighted by atomic mass is 9.95. The molecule has 1 fully saturated rings. The Hall–Kier alpha value is -1.26. The largest absolute Gasteiger partial charge is 0.492 e. The number of piperazine rings is 1. The molecule has 20 heavy (non-hydrogen) atoms. The molecule has 0 spiro atoms. The second-order valence-corrected chi connectivity index (χ2v) is 5.40. The van der Waals surface area contributed by atoms with Crippen molar-refractivity contribution >= 4 is 18.3 Å². The lowest BCUT2D eigenvalue weighted by molar-refractivity contribution is -0.139. The Morgan fingerprint density at radius 3 is 3.00 bits per heavy atom. The molecule has 2 aliphatic rings. The van der Waals surface area contributed by atoms with Gasteiger partial charge in [-0.3, -0.25) is 4.79 Å². The van der Waals surface area contributed by atoms with E-state index >= 15 is 0 Å². The molecular weight excluding hydrogens is 276 g/mol. The molecule has 1 unspecified atom stereocenters. The van der Waals surface area contributed by atoms with Crippen LogP contribution in [0.3, 0.4) is 0 Å². The minimum absolute atomic E-state index is 0. The molecule has 1 saturated heterocycles. The van der Waals surface area contributed by atoms with Crippen LogP contribution in [-0.2, 0) is 11.2 Å². The molecule has 2 atom stereocenters. The summed E-state index contributed by atoms with van der Waals surface area (Å²) in [4.78, 5) is 14.6. The molecule has 0 aromatic heterocycles. The van der Waals surface area contributed by atoms with Gasteiger partial charge in [-0.2, -0.15) is 0 Å². The third-order valence-corrected chi connectivity index (χ3v) is 4.01. The fourth-order valence-corrected chi connectivity index (χ4v) is 2.89. The van der Waals surface area contributed by atoms with Gasteiger partial charge >= 0.3 is 0 Å². The van der Waals surface area contributed by atoms with Gasteiger partial charge in [-0.25, -0.2) is 0 Å². The summed E-state index contributed by atoms with van der Waals surface area (Å²) in [5.74, 6) is 1.14. The number of carbonyl (C=O) groups excluding carboxylic acids is 1. The zero-order chi connectivity index (χ0) is 13.2. The van der Waals surface area contributed by atoms with E-state index in [4.69, 9.17) is 4.74 Å². The summed E-state index contributed by atoms with van der Waals surface area (Å²) in [6.07, 6.45) is 0.797.